The number of hydrogen-bond acceptors (Lipinski definition) is 3. The zero-order valence-corrected chi connectivity index (χ0v) is 11.1. The molecule has 0 aliphatic rings. The molecule has 0 fully saturated rings. The van der Waals surface area contributed by atoms with Crippen molar-refractivity contribution in [3.8, 4) is 11.3 Å². The maximum Gasteiger partial charge on any atom is 0.293 e. The molecule has 0 N–H and O–H groups in total. The van der Waals surface area contributed by atoms with E-state index in [1.807, 2.05) is 30.3 Å². The predicted octanol–water partition coefficient (Wildman–Crippen LogP) is 3.71. The second-order valence-electron chi connectivity index (χ2n) is 4.64. The smallest absolute Gasteiger partial charge is 0.293 e. The number of rotatable bonds is 4. The van der Waals surface area contributed by atoms with Crippen molar-refractivity contribution in [2.75, 3.05) is 0 Å². The first-order valence-corrected chi connectivity index (χ1v) is 6.47. The van der Waals surface area contributed by atoms with Gasteiger partial charge in [-0.25, -0.2) is 9.37 Å². The maximum atomic E-state index is 13.0. The predicted molar refractivity (Wildman–Crippen MR) is 78.0 cm³/mol. The number of halogens is 1. The van der Waals surface area contributed by atoms with Crippen LogP contribution < -0.4 is 0 Å². The van der Waals surface area contributed by atoms with Crippen LogP contribution >= 0.6 is 0 Å². The highest BCUT2D eigenvalue weighted by molar-refractivity contribution is 5.82. The van der Waals surface area contributed by atoms with Gasteiger partial charge in [-0.05, 0) is 42.0 Å². The second kappa shape index (κ2) is 5.71. The Morgan fingerprint density at radius 1 is 1.05 bits per heavy atom. The Bertz CT molecular complexity index is 784. The number of aromatic nitrogens is 1. The number of pyridine rings is 1. The van der Waals surface area contributed by atoms with Gasteiger partial charge in [-0.15, -0.1) is 0 Å². The van der Waals surface area contributed by atoms with Gasteiger partial charge >= 0.3 is 0 Å². The molecule has 0 atom stereocenters. The molecule has 0 unspecified atom stereocenters. The van der Waals surface area contributed by atoms with E-state index in [2.05, 4.69) is 4.98 Å². The summed E-state index contributed by atoms with van der Waals surface area (Å²) in [4.78, 5) is 14.8. The Hall–Kier alpha value is -2.75. The molecule has 3 nitrogen and oxygen atoms in total. The van der Waals surface area contributed by atoms with Crippen molar-refractivity contribution in [3.63, 3.8) is 0 Å². The summed E-state index contributed by atoms with van der Waals surface area (Å²) in [6, 6.07) is 15.8. The van der Waals surface area contributed by atoms with Crippen molar-refractivity contribution in [2.45, 2.75) is 6.61 Å². The molecule has 21 heavy (non-hydrogen) atoms. The van der Waals surface area contributed by atoms with E-state index in [0.29, 0.717) is 6.47 Å². The fourth-order valence-corrected chi connectivity index (χ4v) is 2.16. The molecule has 3 aromatic rings. The van der Waals surface area contributed by atoms with Gasteiger partial charge in [0.25, 0.3) is 6.47 Å². The molecule has 2 aromatic carbocycles. The van der Waals surface area contributed by atoms with Crippen LogP contribution in [0.4, 0.5) is 4.39 Å². The topological polar surface area (TPSA) is 39.2 Å². The van der Waals surface area contributed by atoms with Crippen molar-refractivity contribution < 1.29 is 13.9 Å². The van der Waals surface area contributed by atoms with Crippen LogP contribution in [0.25, 0.3) is 22.2 Å². The van der Waals surface area contributed by atoms with Gasteiger partial charge < -0.3 is 4.74 Å². The van der Waals surface area contributed by atoms with Crippen LogP contribution in [0.1, 0.15) is 5.56 Å². The number of carbonyl (C=O) groups excluding carboxylic acids is 1. The third-order valence-electron chi connectivity index (χ3n) is 3.21. The Balaban J connectivity index is 2.01. The number of ether oxygens (including phenoxy) is 1. The van der Waals surface area contributed by atoms with E-state index in [9.17, 15) is 9.18 Å². The van der Waals surface area contributed by atoms with Gasteiger partial charge in [-0.3, -0.25) is 4.79 Å². The van der Waals surface area contributed by atoms with Crippen molar-refractivity contribution in [3.05, 3.63) is 66.0 Å². The molecule has 0 saturated carbocycles. The average Bonchev–Trinajstić information content (AvgIpc) is 2.53. The largest absolute Gasteiger partial charge is 0.463 e. The Morgan fingerprint density at radius 2 is 1.81 bits per heavy atom. The molecule has 0 amide bonds. The van der Waals surface area contributed by atoms with Crippen LogP contribution in [0, 0.1) is 5.82 Å². The van der Waals surface area contributed by atoms with E-state index in [1.54, 1.807) is 12.1 Å². The third kappa shape index (κ3) is 2.89. The summed E-state index contributed by atoms with van der Waals surface area (Å²) in [7, 11) is 0. The van der Waals surface area contributed by atoms with Crippen LogP contribution in [0.5, 0.6) is 0 Å². The zero-order chi connectivity index (χ0) is 14.7. The first kappa shape index (κ1) is 13.2. The van der Waals surface area contributed by atoms with E-state index >= 15 is 0 Å². The number of carbonyl (C=O) groups is 1. The normalized spacial score (nSPS) is 10.5. The first-order valence-electron chi connectivity index (χ1n) is 6.47. The second-order valence-corrected chi connectivity index (χ2v) is 4.64. The van der Waals surface area contributed by atoms with Crippen LogP contribution in [0.2, 0.25) is 0 Å². The standard InChI is InChI=1S/C17H12FNO2/c18-15-6-3-13(4-7-15)16-8-5-14-2-1-12(10-21-11-20)9-17(14)19-16/h1-9,11H,10H2. The van der Waals surface area contributed by atoms with E-state index in [-0.39, 0.29) is 12.4 Å². The summed E-state index contributed by atoms with van der Waals surface area (Å²) in [5.74, 6) is -0.271. The summed E-state index contributed by atoms with van der Waals surface area (Å²) in [5.41, 5.74) is 3.31. The molecule has 1 heterocycles. The van der Waals surface area contributed by atoms with Crippen LogP contribution in [0.3, 0.4) is 0 Å². The summed E-state index contributed by atoms with van der Waals surface area (Å²) in [5, 5.41) is 0.996. The summed E-state index contributed by atoms with van der Waals surface area (Å²) >= 11 is 0. The molecule has 4 heteroatoms. The van der Waals surface area contributed by atoms with Crippen LogP contribution in [0.15, 0.2) is 54.6 Å². The molecular formula is C17H12FNO2. The Morgan fingerprint density at radius 3 is 2.57 bits per heavy atom. The molecule has 3 rings (SSSR count). The lowest BCUT2D eigenvalue weighted by molar-refractivity contribution is -0.129. The van der Waals surface area contributed by atoms with Crippen molar-refractivity contribution in [1.82, 2.24) is 4.98 Å². The number of benzene rings is 2. The van der Waals surface area contributed by atoms with Gasteiger partial charge in [0, 0.05) is 10.9 Å². The molecule has 0 bridgehead atoms. The number of fused-ring (bicyclic) bond motifs is 1. The monoisotopic (exact) mass is 281 g/mol. The quantitative estimate of drug-likeness (QED) is 0.684. The van der Waals surface area contributed by atoms with E-state index in [1.165, 1.54) is 12.1 Å². The van der Waals surface area contributed by atoms with Gasteiger partial charge in [0.1, 0.15) is 12.4 Å². The van der Waals surface area contributed by atoms with Gasteiger partial charge in [0.05, 0.1) is 11.2 Å². The average molecular weight is 281 g/mol. The van der Waals surface area contributed by atoms with Gasteiger partial charge in [0.15, 0.2) is 0 Å². The first-order chi connectivity index (χ1) is 10.3. The Labute approximate surface area is 121 Å². The lowest BCUT2D eigenvalue weighted by atomic mass is 10.1. The van der Waals surface area contributed by atoms with Crippen molar-refractivity contribution in [2.24, 2.45) is 0 Å². The molecular weight excluding hydrogens is 269 g/mol. The zero-order valence-electron chi connectivity index (χ0n) is 11.1. The minimum atomic E-state index is -0.271. The molecule has 0 saturated heterocycles. The van der Waals surface area contributed by atoms with Crippen molar-refractivity contribution in [1.29, 1.82) is 0 Å². The highest BCUT2D eigenvalue weighted by Gasteiger charge is 2.03. The lowest BCUT2D eigenvalue weighted by Crippen LogP contribution is -1.91. The van der Waals surface area contributed by atoms with E-state index in [0.717, 1.165) is 27.7 Å². The fraction of sp³-hybridized carbons (Fsp3) is 0.0588. The minimum Gasteiger partial charge on any atom is -0.463 e. The minimum absolute atomic E-state index is 0.224. The lowest BCUT2D eigenvalue weighted by Gasteiger charge is -2.05. The molecule has 1 aromatic heterocycles. The summed E-state index contributed by atoms with van der Waals surface area (Å²) < 4.78 is 17.7. The fourth-order valence-electron chi connectivity index (χ4n) is 2.16. The molecule has 104 valence electrons. The number of hydrogen-bond donors (Lipinski definition) is 0. The van der Waals surface area contributed by atoms with Crippen LogP contribution in [-0.2, 0) is 16.1 Å². The summed E-state index contributed by atoms with van der Waals surface area (Å²) in [6.07, 6.45) is 0. The van der Waals surface area contributed by atoms with Gasteiger partial charge in [0.2, 0.25) is 0 Å². The Kier molecular flexibility index (Phi) is 3.60. The molecule has 0 aliphatic heterocycles. The molecule has 0 aliphatic carbocycles. The van der Waals surface area contributed by atoms with Gasteiger partial charge in [-0.2, -0.15) is 0 Å². The summed E-state index contributed by atoms with van der Waals surface area (Å²) in [6.45, 7) is 0.647. The van der Waals surface area contributed by atoms with E-state index in [4.69, 9.17) is 4.74 Å². The van der Waals surface area contributed by atoms with Gasteiger partial charge in [-0.1, -0.05) is 18.2 Å². The van der Waals surface area contributed by atoms with Crippen molar-refractivity contribution >= 4 is 17.4 Å². The van der Waals surface area contributed by atoms with E-state index < -0.39 is 0 Å². The third-order valence-corrected chi connectivity index (χ3v) is 3.21. The van der Waals surface area contributed by atoms with Crippen LogP contribution in [-0.4, -0.2) is 11.5 Å². The molecule has 0 radical (unpaired) electrons. The number of nitrogens with zero attached hydrogens (tertiary/aromatic N) is 1. The SMILES string of the molecule is O=COCc1ccc2ccc(-c3ccc(F)cc3)nc2c1. The highest BCUT2D eigenvalue weighted by Crippen LogP contribution is 2.22. The highest BCUT2D eigenvalue weighted by atomic mass is 19.1. The molecule has 0 spiro atoms. The maximum absolute atomic E-state index is 13.0.